The first-order valence-corrected chi connectivity index (χ1v) is 9.54. The van der Waals surface area contributed by atoms with Crippen LogP contribution in [0, 0.1) is 6.92 Å². The first kappa shape index (κ1) is 19.1. The number of aromatic nitrogens is 4. The van der Waals surface area contributed by atoms with Crippen LogP contribution in [0.2, 0.25) is 0 Å². The Bertz CT molecular complexity index is 1090. The Hall–Kier alpha value is -3.20. The lowest BCUT2D eigenvalue weighted by atomic mass is 10.1. The number of ether oxygens (including phenoxy) is 1. The molecule has 0 radical (unpaired) electrons. The van der Waals surface area contributed by atoms with Crippen LogP contribution in [0.5, 0.6) is 5.75 Å². The highest BCUT2D eigenvalue weighted by atomic mass is 16.5. The number of amides is 1. The molecule has 152 valence electrons. The molecule has 1 aliphatic rings. The first-order chi connectivity index (χ1) is 14.0. The van der Waals surface area contributed by atoms with E-state index in [0.29, 0.717) is 30.1 Å². The maximum atomic E-state index is 12.9. The zero-order valence-electron chi connectivity index (χ0n) is 16.8. The maximum Gasteiger partial charge on any atom is 0.293 e. The van der Waals surface area contributed by atoms with Crippen LogP contribution in [0.3, 0.4) is 0 Å². The fraction of sp³-hybridized carbons (Fsp3) is 0.400. The van der Waals surface area contributed by atoms with Crippen molar-refractivity contribution in [3.8, 4) is 17.0 Å². The van der Waals surface area contributed by atoms with E-state index in [9.17, 15) is 9.59 Å². The Kier molecular flexibility index (Phi) is 5.06. The Labute approximate surface area is 168 Å². The van der Waals surface area contributed by atoms with Crippen molar-refractivity contribution in [3.05, 3.63) is 46.5 Å². The molecule has 3 aromatic rings. The second kappa shape index (κ2) is 7.67. The molecule has 1 aromatic carbocycles. The summed E-state index contributed by atoms with van der Waals surface area (Å²) in [6.45, 7) is 4.70. The molecule has 1 aliphatic heterocycles. The summed E-state index contributed by atoms with van der Waals surface area (Å²) in [5.74, 6) is 1.21. The topological polar surface area (TPSA) is 85.0 Å². The van der Waals surface area contributed by atoms with Crippen molar-refractivity contribution < 1.29 is 9.53 Å². The number of benzene rings is 1. The van der Waals surface area contributed by atoms with E-state index in [4.69, 9.17) is 4.74 Å². The van der Waals surface area contributed by atoms with Crippen LogP contribution >= 0.6 is 0 Å². The van der Waals surface area contributed by atoms with Gasteiger partial charge in [-0.15, -0.1) is 0 Å². The number of likely N-dealkylation sites (N-methyl/N-ethyl adjacent to an activating group) is 1. The standard InChI is InChI=1S/C20H24N6O3/c1-14-21-25(13-19(27)24-10-8-23(2)9-11-24)20(28)18-12-17(22-26(14)18)15-4-6-16(29-3)7-5-15/h4-7,12H,8-11,13H2,1-3H3. The van der Waals surface area contributed by atoms with Gasteiger partial charge in [-0.1, -0.05) is 0 Å². The van der Waals surface area contributed by atoms with Gasteiger partial charge < -0.3 is 14.5 Å². The quantitative estimate of drug-likeness (QED) is 0.644. The van der Waals surface area contributed by atoms with Crippen LogP contribution in [-0.2, 0) is 11.3 Å². The van der Waals surface area contributed by atoms with E-state index in [1.54, 1.807) is 25.0 Å². The van der Waals surface area contributed by atoms with Crippen molar-refractivity contribution in [3.63, 3.8) is 0 Å². The van der Waals surface area contributed by atoms with Gasteiger partial charge in [0.2, 0.25) is 5.91 Å². The van der Waals surface area contributed by atoms with Gasteiger partial charge in [0.05, 0.1) is 12.8 Å². The minimum absolute atomic E-state index is 0.0665. The van der Waals surface area contributed by atoms with Crippen molar-refractivity contribution in [1.82, 2.24) is 29.2 Å². The number of aryl methyl sites for hydroxylation is 1. The van der Waals surface area contributed by atoms with Crippen molar-refractivity contribution in [2.24, 2.45) is 0 Å². The second-order valence-electron chi connectivity index (χ2n) is 7.25. The molecule has 9 heteroatoms. The summed E-state index contributed by atoms with van der Waals surface area (Å²) in [4.78, 5) is 29.5. The minimum atomic E-state index is -0.328. The molecular formula is C20H24N6O3. The van der Waals surface area contributed by atoms with E-state index >= 15 is 0 Å². The van der Waals surface area contributed by atoms with Gasteiger partial charge in [0.25, 0.3) is 5.56 Å². The third-order valence-electron chi connectivity index (χ3n) is 5.26. The molecule has 1 amide bonds. The third-order valence-corrected chi connectivity index (χ3v) is 5.26. The zero-order valence-corrected chi connectivity index (χ0v) is 16.8. The average molecular weight is 396 g/mol. The fourth-order valence-electron chi connectivity index (χ4n) is 3.47. The van der Waals surface area contributed by atoms with Crippen LogP contribution in [0.1, 0.15) is 5.82 Å². The van der Waals surface area contributed by atoms with E-state index in [-0.39, 0.29) is 18.0 Å². The molecule has 0 atom stereocenters. The van der Waals surface area contributed by atoms with Crippen molar-refractivity contribution in [2.45, 2.75) is 13.5 Å². The first-order valence-electron chi connectivity index (χ1n) is 9.54. The largest absolute Gasteiger partial charge is 0.497 e. The molecule has 1 fully saturated rings. The Balaban J connectivity index is 1.63. The Morgan fingerprint density at radius 2 is 1.79 bits per heavy atom. The van der Waals surface area contributed by atoms with E-state index in [2.05, 4.69) is 15.1 Å². The number of carbonyl (C=O) groups is 1. The Morgan fingerprint density at radius 1 is 1.10 bits per heavy atom. The van der Waals surface area contributed by atoms with Gasteiger partial charge in [-0.3, -0.25) is 9.59 Å². The Morgan fingerprint density at radius 3 is 2.45 bits per heavy atom. The van der Waals surface area contributed by atoms with Gasteiger partial charge in [-0.2, -0.15) is 10.2 Å². The summed E-state index contributed by atoms with van der Waals surface area (Å²) >= 11 is 0. The molecule has 29 heavy (non-hydrogen) atoms. The molecule has 2 aromatic heterocycles. The minimum Gasteiger partial charge on any atom is -0.497 e. The number of rotatable bonds is 4. The SMILES string of the molecule is COc1ccc(-c2cc3c(=O)n(CC(=O)N4CCN(C)CC4)nc(C)n3n2)cc1. The molecule has 0 aliphatic carbocycles. The van der Waals surface area contributed by atoms with Gasteiger partial charge in [0.1, 0.15) is 23.6 Å². The molecule has 1 saturated heterocycles. The van der Waals surface area contributed by atoms with E-state index in [1.165, 1.54) is 9.20 Å². The molecule has 0 spiro atoms. The van der Waals surface area contributed by atoms with Gasteiger partial charge in [0.15, 0.2) is 0 Å². The van der Waals surface area contributed by atoms with Gasteiger partial charge in [-0.05, 0) is 44.3 Å². The second-order valence-corrected chi connectivity index (χ2v) is 7.25. The third kappa shape index (κ3) is 3.73. The normalized spacial score (nSPS) is 15.1. The monoisotopic (exact) mass is 396 g/mol. The number of fused-ring (bicyclic) bond motifs is 1. The van der Waals surface area contributed by atoms with E-state index < -0.39 is 0 Å². The molecule has 9 nitrogen and oxygen atoms in total. The van der Waals surface area contributed by atoms with E-state index in [0.717, 1.165) is 24.4 Å². The van der Waals surface area contributed by atoms with Crippen LogP contribution in [0.15, 0.2) is 35.1 Å². The summed E-state index contributed by atoms with van der Waals surface area (Å²) < 4.78 is 7.95. The predicted octanol–water partition coefficient (Wildman–Crippen LogP) is 0.649. The number of methoxy groups -OCH3 is 1. The maximum absolute atomic E-state index is 12.9. The number of hydrogen-bond donors (Lipinski definition) is 0. The molecule has 0 N–H and O–H groups in total. The highest BCUT2D eigenvalue weighted by molar-refractivity contribution is 5.76. The fourth-order valence-corrected chi connectivity index (χ4v) is 3.47. The number of carbonyl (C=O) groups excluding carboxylic acids is 1. The molecular weight excluding hydrogens is 372 g/mol. The van der Waals surface area contributed by atoms with Crippen LogP contribution in [0.25, 0.3) is 16.8 Å². The smallest absolute Gasteiger partial charge is 0.293 e. The highest BCUT2D eigenvalue weighted by Gasteiger charge is 2.21. The van der Waals surface area contributed by atoms with Crippen LogP contribution in [-0.4, -0.2) is 75.4 Å². The molecule has 3 heterocycles. The average Bonchev–Trinajstić information content (AvgIpc) is 3.19. The summed E-state index contributed by atoms with van der Waals surface area (Å²) in [5.41, 5.74) is 1.60. The van der Waals surface area contributed by atoms with Crippen molar-refractivity contribution >= 4 is 11.4 Å². The van der Waals surface area contributed by atoms with Crippen molar-refractivity contribution in [2.75, 3.05) is 40.3 Å². The summed E-state index contributed by atoms with van der Waals surface area (Å²) in [6.07, 6.45) is 0. The summed E-state index contributed by atoms with van der Waals surface area (Å²) in [6, 6.07) is 9.20. The lowest BCUT2D eigenvalue weighted by molar-refractivity contribution is -0.133. The molecule has 4 rings (SSSR count). The van der Waals surface area contributed by atoms with Gasteiger partial charge in [-0.25, -0.2) is 9.20 Å². The van der Waals surface area contributed by atoms with E-state index in [1.807, 2.05) is 31.3 Å². The highest BCUT2D eigenvalue weighted by Crippen LogP contribution is 2.22. The van der Waals surface area contributed by atoms with Crippen molar-refractivity contribution in [1.29, 1.82) is 0 Å². The lowest BCUT2D eigenvalue weighted by Gasteiger charge is -2.32. The number of nitrogens with zero attached hydrogens (tertiary/aromatic N) is 6. The lowest BCUT2D eigenvalue weighted by Crippen LogP contribution is -2.48. The number of piperazine rings is 1. The molecule has 0 bridgehead atoms. The van der Waals surface area contributed by atoms with Gasteiger partial charge >= 0.3 is 0 Å². The molecule has 0 unspecified atom stereocenters. The van der Waals surface area contributed by atoms with Crippen LogP contribution in [0.4, 0.5) is 0 Å². The summed E-state index contributed by atoms with van der Waals surface area (Å²) in [7, 11) is 3.64. The van der Waals surface area contributed by atoms with Crippen LogP contribution < -0.4 is 10.3 Å². The number of hydrogen-bond acceptors (Lipinski definition) is 6. The summed E-state index contributed by atoms with van der Waals surface area (Å²) in [5, 5.41) is 8.83. The predicted molar refractivity (Wildman–Crippen MR) is 108 cm³/mol. The molecule has 0 saturated carbocycles. The van der Waals surface area contributed by atoms with Gasteiger partial charge in [0, 0.05) is 31.7 Å². The zero-order chi connectivity index (χ0) is 20.5.